The van der Waals surface area contributed by atoms with E-state index < -0.39 is 5.60 Å². The molecule has 1 N–H and O–H groups in total. The van der Waals surface area contributed by atoms with Gasteiger partial charge >= 0.3 is 0 Å². The van der Waals surface area contributed by atoms with Crippen molar-refractivity contribution in [2.24, 2.45) is 0 Å². The second-order valence-corrected chi connectivity index (χ2v) is 3.45. The van der Waals surface area contributed by atoms with Gasteiger partial charge in [0.2, 0.25) is 0 Å². The molecule has 0 heterocycles. The summed E-state index contributed by atoms with van der Waals surface area (Å²) >= 11 is 0. The van der Waals surface area contributed by atoms with Gasteiger partial charge in [-0.3, -0.25) is 5.26 Å². The number of benzene rings is 1. The summed E-state index contributed by atoms with van der Waals surface area (Å²) in [6.45, 7) is 7.41. The van der Waals surface area contributed by atoms with Gasteiger partial charge in [-0.2, -0.15) is 0 Å². The molecule has 70 valence electrons. The van der Waals surface area contributed by atoms with E-state index in [-0.39, 0.29) is 0 Å². The van der Waals surface area contributed by atoms with Gasteiger partial charge in [-0.25, -0.2) is 4.89 Å². The third-order valence-electron chi connectivity index (χ3n) is 2.08. The van der Waals surface area contributed by atoms with E-state index in [1.165, 1.54) is 0 Å². The molecule has 0 fully saturated rings. The molecule has 0 bridgehead atoms. The maximum atomic E-state index is 8.66. The fraction of sp³-hybridized carbons (Fsp3) is 0.273. The lowest BCUT2D eigenvalue weighted by Gasteiger charge is -2.23. The second-order valence-electron chi connectivity index (χ2n) is 3.45. The predicted octanol–water partition coefficient (Wildman–Crippen LogP) is 2.97. The summed E-state index contributed by atoms with van der Waals surface area (Å²) in [4.78, 5) is 4.35. The first kappa shape index (κ1) is 9.96. The summed E-state index contributed by atoms with van der Waals surface area (Å²) in [6.07, 6.45) is 0. The van der Waals surface area contributed by atoms with Gasteiger partial charge in [0.15, 0.2) is 0 Å². The topological polar surface area (TPSA) is 29.5 Å². The van der Waals surface area contributed by atoms with Gasteiger partial charge in [0, 0.05) is 0 Å². The standard InChI is InChI=1S/C11H14O2/c1-9(11(2,3)13-12)10-7-5-4-6-8-10/h4-8,12H,1H2,2-3H3. The Morgan fingerprint density at radius 2 is 1.85 bits per heavy atom. The molecule has 0 saturated heterocycles. The highest BCUT2D eigenvalue weighted by Gasteiger charge is 2.23. The first-order valence-electron chi connectivity index (χ1n) is 4.15. The quantitative estimate of drug-likeness (QED) is 0.569. The van der Waals surface area contributed by atoms with Crippen molar-refractivity contribution in [3.63, 3.8) is 0 Å². The van der Waals surface area contributed by atoms with Gasteiger partial charge in [0.05, 0.1) is 0 Å². The Labute approximate surface area is 78.4 Å². The zero-order chi connectivity index (χ0) is 9.90. The minimum atomic E-state index is -0.735. The Morgan fingerprint density at radius 3 is 2.31 bits per heavy atom. The first-order chi connectivity index (χ1) is 6.08. The normalized spacial score (nSPS) is 11.3. The van der Waals surface area contributed by atoms with Crippen LogP contribution in [0.25, 0.3) is 5.57 Å². The summed E-state index contributed by atoms with van der Waals surface area (Å²) in [5, 5.41) is 8.66. The van der Waals surface area contributed by atoms with Crippen molar-refractivity contribution in [1.29, 1.82) is 0 Å². The highest BCUT2D eigenvalue weighted by atomic mass is 17.1. The third-order valence-corrected chi connectivity index (χ3v) is 2.08. The van der Waals surface area contributed by atoms with Crippen LogP contribution in [0.15, 0.2) is 36.9 Å². The molecule has 1 aromatic rings. The molecule has 13 heavy (non-hydrogen) atoms. The Hall–Kier alpha value is -1.12. The Bertz CT molecular complexity index is 288. The van der Waals surface area contributed by atoms with Crippen LogP contribution in [-0.2, 0) is 4.89 Å². The molecule has 0 unspecified atom stereocenters. The number of hydrogen-bond acceptors (Lipinski definition) is 2. The lowest BCUT2D eigenvalue weighted by molar-refractivity contribution is -0.293. The van der Waals surface area contributed by atoms with E-state index in [1.54, 1.807) is 13.8 Å². The van der Waals surface area contributed by atoms with E-state index in [0.717, 1.165) is 11.1 Å². The molecule has 0 amide bonds. The average molecular weight is 178 g/mol. The van der Waals surface area contributed by atoms with Gasteiger partial charge in [0.1, 0.15) is 5.60 Å². The predicted molar refractivity (Wildman–Crippen MR) is 53.3 cm³/mol. The minimum absolute atomic E-state index is 0.735. The molecule has 0 atom stereocenters. The molecular weight excluding hydrogens is 164 g/mol. The zero-order valence-corrected chi connectivity index (χ0v) is 7.95. The van der Waals surface area contributed by atoms with Gasteiger partial charge in [-0.15, -0.1) is 0 Å². The Morgan fingerprint density at radius 1 is 1.31 bits per heavy atom. The maximum Gasteiger partial charge on any atom is 0.123 e. The largest absolute Gasteiger partial charge is 0.251 e. The summed E-state index contributed by atoms with van der Waals surface area (Å²) in [7, 11) is 0. The molecule has 2 nitrogen and oxygen atoms in total. The highest BCUT2D eigenvalue weighted by Crippen LogP contribution is 2.27. The summed E-state index contributed by atoms with van der Waals surface area (Å²) in [5.74, 6) is 0. The maximum absolute atomic E-state index is 8.66. The fourth-order valence-electron chi connectivity index (χ4n) is 1.04. The fourth-order valence-corrected chi connectivity index (χ4v) is 1.04. The van der Waals surface area contributed by atoms with Crippen LogP contribution in [0, 0.1) is 0 Å². The van der Waals surface area contributed by atoms with Crippen LogP contribution in [0.1, 0.15) is 19.4 Å². The van der Waals surface area contributed by atoms with Gasteiger partial charge in [-0.05, 0) is 25.0 Å². The zero-order valence-electron chi connectivity index (χ0n) is 7.95. The molecule has 2 heteroatoms. The van der Waals surface area contributed by atoms with E-state index in [4.69, 9.17) is 5.26 Å². The summed E-state index contributed by atoms with van der Waals surface area (Å²) in [5.41, 5.74) is 0.999. The van der Waals surface area contributed by atoms with Crippen molar-refractivity contribution in [2.75, 3.05) is 0 Å². The van der Waals surface area contributed by atoms with E-state index in [2.05, 4.69) is 11.5 Å². The molecule has 0 spiro atoms. The van der Waals surface area contributed by atoms with Crippen LogP contribution in [0.4, 0.5) is 0 Å². The van der Waals surface area contributed by atoms with Gasteiger partial charge in [0.25, 0.3) is 0 Å². The molecule has 0 radical (unpaired) electrons. The first-order valence-corrected chi connectivity index (χ1v) is 4.15. The Kier molecular flexibility index (Phi) is 2.86. The minimum Gasteiger partial charge on any atom is -0.251 e. The van der Waals surface area contributed by atoms with Crippen molar-refractivity contribution in [3.05, 3.63) is 42.5 Å². The van der Waals surface area contributed by atoms with Crippen LogP contribution in [0.2, 0.25) is 0 Å². The summed E-state index contributed by atoms with van der Waals surface area (Å²) < 4.78 is 0. The molecule has 0 aliphatic carbocycles. The van der Waals surface area contributed by atoms with Crippen LogP contribution in [0.3, 0.4) is 0 Å². The smallest absolute Gasteiger partial charge is 0.123 e. The van der Waals surface area contributed by atoms with Crippen LogP contribution in [-0.4, -0.2) is 10.9 Å². The number of hydrogen-bond donors (Lipinski definition) is 1. The van der Waals surface area contributed by atoms with E-state index in [0.29, 0.717) is 0 Å². The molecule has 1 aromatic carbocycles. The Balaban J connectivity index is 2.93. The SMILES string of the molecule is C=C(c1ccccc1)C(C)(C)OO. The molecule has 0 aliphatic heterocycles. The third kappa shape index (κ3) is 2.17. The van der Waals surface area contributed by atoms with E-state index >= 15 is 0 Å². The number of rotatable bonds is 3. The summed E-state index contributed by atoms with van der Waals surface area (Å²) in [6, 6.07) is 9.65. The molecule has 0 aliphatic rings. The molecule has 0 saturated carbocycles. The lowest BCUT2D eigenvalue weighted by atomic mass is 9.93. The van der Waals surface area contributed by atoms with Crippen molar-refractivity contribution in [1.82, 2.24) is 0 Å². The molecule has 0 aromatic heterocycles. The molecular formula is C11H14O2. The lowest BCUT2D eigenvalue weighted by Crippen LogP contribution is -2.23. The van der Waals surface area contributed by atoms with Crippen molar-refractivity contribution >= 4 is 5.57 Å². The van der Waals surface area contributed by atoms with Crippen LogP contribution >= 0.6 is 0 Å². The average Bonchev–Trinajstić information content (AvgIpc) is 2.18. The van der Waals surface area contributed by atoms with Crippen molar-refractivity contribution < 1.29 is 10.1 Å². The molecule has 1 rings (SSSR count). The monoisotopic (exact) mass is 178 g/mol. The highest BCUT2D eigenvalue weighted by molar-refractivity contribution is 5.69. The van der Waals surface area contributed by atoms with Crippen LogP contribution < -0.4 is 0 Å². The van der Waals surface area contributed by atoms with Crippen molar-refractivity contribution in [3.8, 4) is 0 Å². The van der Waals surface area contributed by atoms with E-state index in [9.17, 15) is 0 Å². The van der Waals surface area contributed by atoms with Gasteiger partial charge < -0.3 is 0 Å². The van der Waals surface area contributed by atoms with Crippen molar-refractivity contribution in [2.45, 2.75) is 19.4 Å². The second kappa shape index (κ2) is 3.73. The van der Waals surface area contributed by atoms with Gasteiger partial charge in [-0.1, -0.05) is 36.9 Å². The van der Waals surface area contributed by atoms with Crippen LogP contribution in [0.5, 0.6) is 0 Å². The van der Waals surface area contributed by atoms with E-state index in [1.807, 2.05) is 30.3 Å².